The first-order valence-corrected chi connectivity index (χ1v) is 7.47. The van der Waals surface area contributed by atoms with Gasteiger partial charge in [0.05, 0.1) is 0 Å². The van der Waals surface area contributed by atoms with Gasteiger partial charge in [-0.05, 0) is 37.6 Å². The van der Waals surface area contributed by atoms with Crippen molar-refractivity contribution in [3.05, 3.63) is 53.6 Å². The minimum absolute atomic E-state index is 0.845. The number of hydrogen-bond acceptors (Lipinski definition) is 4. The van der Waals surface area contributed by atoms with Gasteiger partial charge in [-0.2, -0.15) is 0 Å². The largest absolute Gasteiger partial charge is 0.370 e. The SMILES string of the molecule is CCCNCc1cnc(C)cc1N(C)Cc1cccnc1. The highest BCUT2D eigenvalue weighted by Gasteiger charge is 2.09. The molecule has 0 saturated carbocycles. The molecule has 21 heavy (non-hydrogen) atoms. The normalized spacial score (nSPS) is 10.6. The second kappa shape index (κ2) is 7.74. The molecule has 112 valence electrons. The molecule has 0 amide bonds. The summed E-state index contributed by atoms with van der Waals surface area (Å²) in [5.41, 5.74) is 4.72. The Hall–Kier alpha value is -1.94. The molecule has 0 saturated heterocycles. The van der Waals surface area contributed by atoms with E-state index < -0.39 is 0 Å². The molecule has 0 atom stereocenters. The first-order chi connectivity index (χ1) is 10.2. The predicted octanol–water partition coefficient (Wildman–Crippen LogP) is 2.92. The maximum atomic E-state index is 4.43. The molecule has 0 aliphatic heterocycles. The summed E-state index contributed by atoms with van der Waals surface area (Å²) in [6.45, 7) is 6.94. The summed E-state index contributed by atoms with van der Waals surface area (Å²) in [4.78, 5) is 10.9. The number of aromatic nitrogens is 2. The van der Waals surface area contributed by atoms with Gasteiger partial charge in [0.15, 0.2) is 0 Å². The smallest absolute Gasteiger partial charge is 0.0445 e. The lowest BCUT2D eigenvalue weighted by molar-refractivity contribution is 0.671. The second-order valence-electron chi connectivity index (χ2n) is 5.35. The van der Waals surface area contributed by atoms with Crippen molar-refractivity contribution in [1.29, 1.82) is 0 Å². The summed E-state index contributed by atoms with van der Waals surface area (Å²) in [5, 5.41) is 3.45. The Bertz CT molecular complexity index is 554. The van der Waals surface area contributed by atoms with Crippen molar-refractivity contribution >= 4 is 5.69 Å². The average Bonchev–Trinajstić information content (AvgIpc) is 2.50. The Morgan fingerprint density at radius 3 is 2.86 bits per heavy atom. The van der Waals surface area contributed by atoms with Gasteiger partial charge in [-0.15, -0.1) is 0 Å². The Kier molecular flexibility index (Phi) is 5.69. The number of nitrogens with zero attached hydrogens (tertiary/aromatic N) is 3. The Labute approximate surface area is 127 Å². The van der Waals surface area contributed by atoms with Crippen LogP contribution in [0.3, 0.4) is 0 Å². The highest BCUT2D eigenvalue weighted by molar-refractivity contribution is 5.53. The molecular weight excluding hydrogens is 260 g/mol. The van der Waals surface area contributed by atoms with Crippen LogP contribution in [0, 0.1) is 6.92 Å². The van der Waals surface area contributed by atoms with E-state index in [9.17, 15) is 0 Å². The lowest BCUT2D eigenvalue weighted by Gasteiger charge is -2.23. The third-order valence-corrected chi connectivity index (χ3v) is 3.39. The maximum absolute atomic E-state index is 4.43. The molecule has 0 fully saturated rings. The van der Waals surface area contributed by atoms with Gasteiger partial charge in [-0.3, -0.25) is 9.97 Å². The van der Waals surface area contributed by atoms with Crippen LogP contribution in [0.2, 0.25) is 0 Å². The quantitative estimate of drug-likeness (QED) is 0.794. The Morgan fingerprint density at radius 1 is 1.29 bits per heavy atom. The average molecular weight is 284 g/mol. The summed E-state index contributed by atoms with van der Waals surface area (Å²) in [6.07, 6.45) is 6.84. The first kappa shape index (κ1) is 15.4. The van der Waals surface area contributed by atoms with Crippen LogP contribution in [-0.4, -0.2) is 23.6 Å². The molecule has 0 aliphatic carbocycles. The van der Waals surface area contributed by atoms with Crippen molar-refractivity contribution in [2.75, 3.05) is 18.5 Å². The number of nitrogens with one attached hydrogen (secondary N) is 1. The van der Waals surface area contributed by atoms with E-state index in [1.54, 1.807) is 6.20 Å². The topological polar surface area (TPSA) is 41.1 Å². The first-order valence-electron chi connectivity index (χ1n) is 7.47. The van der Waals surface area contributed by atoms with Crippen LogP contribution in [0.1, 0.15) is 30.2 Å². The monoisotopic (exact) mass is 284 g/mol. The highest BCUT2D eigenvalue weighted by Crippen LogP contribution is 2.21. The van der Waals surface area contributed by atoms with E-state index in [-0.39, 0.29) is 0 Å². The molecule has 4 heteroatoms. The third kappa shape index (κ3) is 4.53. The molecule has 0 radical (unpaired) electrons. The summed E-state index contributed by atoms with van der Waals surface area (Å²) in [5.74, 6) is 0. The van der Waals surface area contributed by atoms with Gasteiger partial charge in [0, 0.05) is 55.7 Å². The molecule has 0 unspecified atom stereocenters. The van der Waals surface area contributed by atoms with Gasteiger partial charge in [0.25, 0.3) is 0 Å². The summed E-state index contributed by atoms with van der Waals surface area (Å²) in [7, 11) is 2.12. The van der Waals surface area contributed by atoms with Crippen molar-refractivity contribution in [3.8, 4) is 0 Å². The molecule has 0 spiro atoms. The van der Waals surface area contributed by atoms with Gasteiger partial charge in [-0.25, -0.2) is 0 Å². The zero-order valence-corrected chi connectivity index (χ0v) is 13.1. The number of rotatable bonds is 7. The van der Waals surface area contributed by atoms with E-state index in [0.29, 0.717) is 0 Å². The fourth-order valence-electron chi connectivity index (χ4n) is 2.32. The van der Waals surface area contributed by atoms with E-state index in [0.717, 1.165) is 31.7 Å². The summed E-state index contributed by atoms with van der Waals surface area (Å²) >= 11 is 0. The van der Waals surface area contributed by atoms with Gasteiger partial charge in [0.2, 0.25) is 0 Å². The molecular formula is C17H24N4. The van der Waals surface area contributed by atoms with Crippen molar-refractivity contribution < 1.29 is 0 Å². The minimum Gasteiger partial charge on any atom is -0.370 e. The van der Waals surface area contributed by atoms with Crippen LogP contribution in [0.15, 0.2) is 36.8 Å². The van der Waals surface area contributed by atoms with E-state index in [1.165, 1.54) is 16.8 Å². The van der Waals surface area contributed by atoms with Crippen molar-refractivity contribution in [3.63, 3.8) is 0 Å². The third-order valence-electron chi connectivity index (χ3n) is 3.39. The molecule has 2 aromatic heterocycles. The molecule has 2 rings (SSSR count). The summed E-state index contributed by atoms with van der Waals surface area (Å²) in [6, 6.07) is 6.23. The summed E-state index contributed by atoms with van der Waals surface area (Å²) < 4.78 is 0. The zero-order valence-electron chi connectivity index (χ0n) is 13.1. The predicted molar refractivity (Wildman–Crippen MR) is 87.3 cm³/mol. The van der Waals surface area contributed by atoms with Gasteiger partial charge >= 0.3 is 0 Å². The maximum Gasteiger partial charge on any atom is 0.0445 e. The zero-order chi connectivity index (χ0) is 15.1. The molecule has 0 aromatic carbocycles. The number of hydrogen-bond donors (Lipinski definition) is 1. The van der Waals surface area contributed by atoms with Crippen LogP contribution < -0.4 is 10.2 Å². The molecule has 1 N–H and O–H groups in total. The molecule has 0 bridgehead atoms. The van der Waals surface area contributed by atoms with Gasteiger partial charge < -0.3 is 10.2 Å². The van der Waals surface area contributed by atoms with E-state index in [4.69, 9.17) is 0 Å². The van der Waals surface area contributed by atoms with Crippen LogP contribution in [0.4, 0.5) is 5.69 Å². The van der Waals surface area contributed by atoms with Crippen LogP contribution >= 0.6 is 0 Å². The lowest BCUT2D eigenvalue weighted by atomic mass is 10.1. The molecule has 2 aromatic rings. The second-order valence-corrected chi connectivity index (χ2v) is 5.35. The Morgan fingerprint density at radius 2 is 2.14 bits per heavy atom. The van der Waals surface area contributed by atoms with Gasteiger partial charge in [-0.1, -0.05) is 13.0 Å². The van der Waals surface area contributed by atoms with Crippen molar-refractivity contribution in [2.45, 2.75) is 33.4 Å². The minimum atomic E-state index is 0.845. The standard InChI is InChI=1S/C17H24N4/c1-4-7-18-11-16-12-20-14(2)9-17(16)21(3)13-15-6-5-8-19-10-15/h5-6,8-10,12,18H,4,7,11,13H2,1-3H3. The van der Waals surface area contributed by atoms with E-state index >= 15 is 0 Å². The molecule has 0 aliphatic rings. The van der Waals surface area contributed by atoms with Crippen LogP contribution in [0.25, 0.3) is 0 Å². The number of aryl methyl sites for hydroxylation is 1. The fraction of sp³-hybridized carbons (Fsp3) is 0.412. The van der Waals surface area contributed by atoms with E-state index in [2.05, 4.69) is 46.3 Å². The number of pyridine rings is 2. The van der Waals surface area contributed by atoms with Crippen LogP contribution in [-0.2, 0) is 13.1 Å². The number of anilines is 1. The Balaban J connectivity index is 2.14. The molecule has 2 heterocycles. The molecule has 4 nitrogen and oxygen atoms in total. The van der Waals surface area contributed by atoms with Gasteiger partial charge in [0.1, 0.15) is 0 Å². The van der Waals surface area contributed by atoms with E-state index in [1.807, 2.05) is 25.4 Å². The van der Waals surface area contributed by atoms with Crippen molar-refractivity contribution in [2.24, 2.45) is 0 Å². The fourth-order valence-corrected chi connectivity index (χ4v) is 2.32. The lowest BCUT2D eigenvalue weighted by Crippen LogP contribution is -2.21. The van der Waals surface area contributed by atoms with Crippen molar-refractivity contribution in [1.82, 2.24) is 15.3 Å². The highest BCUT2D eigenvalue weighted by atomic mass is 15.1. The van der Waals surface area contributed by atoms with Crippen LogP contribution in [0.5, 0.6) is 0 Å².